The van der Waals surface area contributed by atoms with Crippen LogP contribution in [0.3, 0.4) is 0 Å². The van der Waals surface area contributed by atoms with Crippen molar-refractivity contribution in [3.05, 3.63) is 11.8 Å². The first-order valence-electron chi connectivity index (χ1n) is 5.75. The molecular weight excluding hydrogens is 238 g/mol. The molecule has 0 radical (unpaired) electrons. The summed E-state index contributed by atoms with van der Waals surface area (Å²) in [5.74, 6) is 0.946. The fourth-order valence-corrected chi connectivity index (χ4v) is 3.73. The summed E-state index contributed by atoms with van der Waals surface area (Å²) in [6.45, 7) is 6.18. The molecule has 1 fully saturated rings. The minimum Gasteiger partial charge on any atom is -0.384 e. The average Bonchev–Trinajstić information content (AvgIpc) is 2.68. The summed E-state index contributed by atoms with van der Waals surface area (Å²) in [5, 5.41) is 4.46. The summed E-state index contributed by atoms with van der Waals surface area (Å²) in [4.78, 5) is 0. The van der Waals surface area contributed by atoms with Crippen LogP contribution in [0.5, 0.6) is 0 Å². The monoisotopic (exact) mass is 257 g/mol. The van der Waals surface area contributed by atoms with E-state index in [-0.39, 0.29) is 23.0 Å². The second kappa shape index (κ2) is 3.73. The molecule has 0 unspecified atom stereocenters. The number of anilines is 1. The van der Waals surface area contributed by atoms with Crippen molar-refractivity contribution < 1.29 is 8.42 Å². The van der Waals surface area contributed by atoms with Gasteiger partial charge in [-0.3, -0.25) is 0 Å². The summed E-state index contributed by atoms with van der Waals surface area (Å²) in [6, 6.07) is 1.74. The van der Waals surface area contributed by atoms with Gasteiger partial charge in [-0.05, 0) is 6.42 Å². The first-order valence-corrected chi connectivity index (χ1v) is 7.57. The van der Waals surface area contributed by atoms with Gasteiger partial charge >= 0.3 is 0 Å². The summed E-state index contributed by atoms with van der Waals surface area (Å²) in [6.07, 6.45) is 0.609. The lowest BCUT2D eigenvalue weighted by Gasteiger charge is -2.15. The van der Waals surface area contributed by atoms with Crippen molar-refractivity contribution in [2.24, 2.45) is 0 Å². The molecule has 1 aromatic heterocycles. The molecule has 1 aromatic rings. The number of aromatic nitrogens is 2. The van der Waals surface area contributed by atoms with E-state index in [2.05, 4.69) is 25.9 Å². The lowest BCUT2D eigenvalue weighted by atomic mass is 9.92. The van der Waals surface area contributed by atoms with Gasteiger partial charge in [0.25, 0.3) is 0 Å². The maximum atomic E-state index is 11.4. The molecule has 1 aliphatic heterocycles. The third kappa shape index (κ3) is 2.46. The molecule has 0 bridgehead atoms. The van der Waals surface area contributed by atoms with Crippen LogP contribution in [0.4, 0.5) is 5.82 Å². The molecule has 17 heavy (non-hydrogen) atoms. The zero-order valence-electron chi connectivity index (χ0n) is 10.5. The van der Waals surface area contributed by atoms with Gasteiger partial charge in [-0.15, -0.1) is 0 Å². The van der Waals surface area contributed by atoms with E-state index in [1.807, 2.05) is 6.07 Å². The van der Waals surface area contributed by atoms with Crippen molar-refractivity contribution >= 4 is 15.7 Å². The van der Waals surface area contributed by atoms with E-state index in [1.54, 1.807) is 4.68 Å². The third-order valence-electron chi connectivity index (χ3n) is 3.09. The van der Waals surface area contributed by atoms with E-state index in [9.17, 15) is 8.42 Å². The second-order valence-corrected chi connectivity index (χ2v) is 7.93. The molecule has 1 saturated heterocycles. The van der Waals surface area contributed by atoms with Crippen molar-refractivity contribution in [2.45, 2.75) is 38.6 Å². The molecule has 0 saturated carbocycles. The van der Waals surface area contributed by atoms with Crippen LogP contribution in [0.25, 0.3) is 0 Å². The van der Waals surface area contributed by atoms with Gasteiger partial charge in [0.05, 0.1) is 23.2 Å². The Morgan fingerprint density at radius 3 is 2.53 bits per heavy atom. The van der Waals surface area contributed by atoms with Gasteiger partial charge in [0, 0.05) is 11.5 Å². The molecule has 1 aliphatic rings. The van der Waals surface area contributed by atoms with E-state index < -0.39 is 9.84 Å². The van der Waals surface area contributed by atoms with Crippen LogP contribution in [0.2, 0.25) is 0 Å². The van der Waals surface area contributed by atoms with Crippen LogP contribution in [-0.2, 0) is 15.3 Å². The zero-order valence-corrected chi connectivity index (χ0v) is 11.3. The molecule has 0 aromatic carbocycles. The Labute approximate surface area is 102 Å². The molecule has 96 valence electrons. The highest BCUT2D eigenvalue weighted by Crippen LogP contribution is 2.29. The van der Waals surface area contributed by atoms with E-state index in [1.165, 1.54) is 0 Å². The number of nitrogen functional groups attached to an aromatic ring is 1. The Hall–Kier alpha value is -1.04. The Bertz CT molecular complexity index is 525. The largest absolute Gasteiger partial charge is 0.384 e. The van der Waals surface area contributed by atoms with Crippen LogP contribution >= 0.6 is 0 Å². The summed E-state index contributed by atoms with van der Waals surface area (Å²) in [7, 11) is -2.90. The zero-order chi connectivity index (χ0) is 12.8. The van der Waals surface area contributed by atoms with Crippen LogP contribution in [-0.4, -0.2) is 29.7 Å². The van der Waals surface area contributed by atoms with Crippen LogP contribution in [0.1, 0.15) is 38.9 Å². The predicted octanol–water partition coefficient (Wildman–Crippen LogP) is 1.12. The van der Waals surface area contributed by atoms with Gasteiger partial charge in [-0.2, -0.15) is 5.10 Å². The minimum atomic E-state index is -2.90. The number of nitrogens with two attached hydrogens (primary N) is 1. The van der Waals surface area contributed by atoms with E-state index >= 15 is 0 Å². The molecule has 2 heterocycles. The topological polar surface area (TPSA) is 78.0 Å². The van der Waals surface area contributed by atoms with Crippen LogP contribution < -0.4 is 5.73 Å². The predicted molar refractivity (Wildman–Crippen MR) is 67.6 cm³/mol. The van der Waals surface area contributed by atoms with Gasteiger partial charge < -0.3 is 5.73 Å². The lowest BCUT2D eigenvalue weighted by molar-refractivity contribution is 0.479. The molecule has 6 heteroatoms. The molecule has 5 nitrogen and oxygen atoms in total. The van der Waals surface area contributed by atoms with E-state index in [0.29, 0.717) is 12.2 Å². The first kappa shape index (κ1) is 12.4. The van der Waals surface area contributed by atoms with Crippen molar-refractivity contribution in [3.8, 4) is 0 Å². The fourth-order valence-electron chi connectivity index (χ4n) is 2.04. The standard InChI is InChI=1S/C11H19N3O2S/c1-11(2,3)9-6-10(12)14(13-9)8-4-5-17(15,16)7-8/h6,8H,4-5,7,12H2,1-3H3/t8-/m1/s1. The fraction of sp³-hybridized carbons (Fsp3) is 0.727. The number of rotatable bonds is 1. The van der Waals surface area contributed by atoms with Crippen LogP contribution in [0, 0.1) is 0 Å². The normalized spacial score (nSPS) is 24.1. The van der Waals surface area contributed by atoms with Gasteiger partial charge in [0.1, 0.15) is 5.82 Å². The maximum Gasteiger partial charge on any atom is 0.152 e. The summed E-state index contributed by atoms with van der Waals surface area (Å²) in [5.41, 5.74) is 6.74. The van der Waals surface area contributed by atoms with Crippen molar-refractivity contribution in [1.82, 2.24) is 9.78 Å². The summed E-state index contributed by atoms with van der Waals surface area (Å²) >= 11 is 0. The molecule has 0 spiro atoms. The lowest BCUT2D eigenvalue weighted by Crippen LogP contribution is -2.17. The number of sulfone groups is 1. The van der Waals surface area contributed by atoms with Crippen molar-refractivity contribution in [2.75, 3.05) is 17.2 Å². The first-order chi connectivity index (χ1) is 7.69. The third-order valence-corrected chi connectivity index (χ3v) is 4.84. The quantitative estimate of drug-likeness (QED) is 0.818. The minimum absolute atomic E-state index is 0.0726. The smallest absolute Gasteiger partial charge is 0.152 e. The van der Waals surface area contributed by atoms with E-state index in [0.717, 1.165) is 5.69 Å². The van der Waals surface area contributed by atoms with Gasteiger partial charge in [0.15, 0.2) is 9.84 Å². The number of hydrogen-bond acceptors (Lipinski definition) is 4. The van der Waals surface area contributed by atoms with Crippen molar-refractivity contribution in [3.63, 3.8) is 0 Å². The van der Waals surface area contributed by atoms with Gasteiger partial charge in [-0.1, -0.05) is 20.8 Å². The van der Waals surface area contributed by atoms with Gasteiger partial charge in [0.2, 0.25) is 0 Å². The maximum absolute atomic E-state index is 11.4. The van der Waals surface area contributed by atoms with Crippen molar-refractivity contribution in [1.29, 1.82) is 0 Å². The van der Waals surface area contributed by atoms with Gasteiger partial charge in [-0.25, -0.2) is 13.1 Å². The Kier molecular flexibility index (Phi) is 2.72. The highest BCUT2D eigenvalue weighted by atomic mass is 32.2. The average molecular weight is 257 g/mol. The molecular formula is C11H19N3O2S. The Morgan fingerprint density at radius 1 is 1.47 bits per heavy atom. The molecule has 2 rings (SSSR count). The second-order valence-electron chi connectivity index (χ2n) is 5.71. The Morgan fingerprint density at radius 2 is 2.12 bits per heavy atom. The molecule has 0 amide bonds. The number of hydrogen-bond donors (Lipinski definition) is 1. The Balaban J connectivity index is 2.32. The highest BCUT2D eigenvalue weighted by molar-refractivity contribution is 7.91. The molecule has 1 atom stereocenters. The highest BCUT2D eigenvalue weighted by Gasteiger charge is 2.31. The van der Waals surface area contributed by atoms with Crippen LogP contribution in [0.15, 0.2) is 6.07 Å². The number of nitrogens with zero attached hydrogens (tertiary/aromatic N) is 2. The van der Waals surface area contributed by atoms with E-state index in [4.69, 9.17) is 5.73 Å². The molecule has 2 N–H and O–H groups in total. The SMILES string of the molecule is CC(C)(C)c1cc(N)n([C@@H]2CCS(=O)(=O)C2)n1. The summed E-state index contributed by atoms with van der Waals surface area (Å²) < 4.78 is 24.6. The molecule has 0 aliphatic carbocycles.